The lowest BCUT2D eigenvalue weighted by Gasteiger charge is -2.12. The molecule has 1 N–H and O–H groups in total. The van der Waals surface area contributed by atoms with Crippen molar-refractivity contribution in [2.75, 3.05) is 13.6 Å². The Morgan fingerprint density at radius 1 is 1.24 bits per heavy atom. The molecular formula is C16H20N2O3. The Kier molecular flexibility index (Phi) is 4.73. The van der Waals surface area contributed by atoms with E-state index in [1.165, 1.54) is 0 Å². The molecule has 5 heteroatoms. The second kappa shape index (κ2) is 6.52. The first kappa shape index (κ1) is 15.2. The molecule has 0 aromatic heterocycles. The van der Waals surface area contributed by atoms with Crippen molar-refractivity contribution >= 4 is 17.6 Å². The molecule has 0 radical (unpaired) electrons. The van der Waals surface area contributed by atoms with Crippen LogP contribution >= 0.6 is 0 Å². The molecule has 21 heavy (non-hydrogen) atoms. The van der Waals surface area contributed by atoms with E-state index in [1.807, 2.05) is 19.1 Å². The molecule has 0 aliphatic carbocycles. The highest BCUT2D eigenvalue weighted by molar-refractivity contribution is 5.98. The zero-order valence-electron chi connectivity index (χ0n) is 12.4. The van der Waals surface area contributed by atoms with E-state index in [2.05, 4.69) is 5.32 Å². The number of Topliss-reactive ketones (excluding diaryl/α,β-unsaturated/α-hetero) is 1. The molecule has 2 amide bonds. The normalized spacial score (nSPS) is 17.9. The maximum atomic E-state index is 12.0. The minimum absolute atomic E-state index is 0.0373. The number of nitrogens with one attached hydrogen (secondary N) is 1. The van der Waals surface area contributed by atoms with Gasteiger partial charge in [0, 0.05) is 38.4 Å². The van der Waals surface area contributed by atoms with E-state index >= 15 is 0 Å². The first-order valence-electron chi connectivity index (χ1n) is 7.09. The zero-order chi connectivity index (χ0) is 15.4. The molecule has 1 aliphatic rings. The van der Waals surface area contributed by atoms with Gasteiger partial charge in [0.05, 0.1) is 6.04 Å². The molecule has 1 fully saturated rings. The summed E-state index contributed by atoms with van der Waals surface area (Å²) in [5.74, 6) is -0.177. The van der Waals surface area contributed by atoms with Crippen LogP contribution < -0.4 is 5.32 Å². The lowest BCUT2D eigenvalue weighted by atomic mass is 10.0. The van der Waals surface area contributed by atoms with Gasteiger partial charge in [0.1, 0.15) is 0 Å². The molecule has 1 atom stereocenters. The van der Waals surface area contributed by atoms with Crippen LogP contribution in [-0.2, 0) is 9.59 Å². The van der Waals surface area contributed by atoms with Gasteiger partial charge in [-0.15, -0.1) is 0 Å². The van der Waals surface area contributed by atoms with Gasteiger partial charge in [0.15, 0.2) is 5.78 Å². The second-order valence-electron chi connectivity index (χ2n) is 5.53. The van der Waals surface area contributed by atoms with Crippen LogP contribution in [0.1, 0.15) is 35.2 Å². The molecule has 0 saturated carbocycles. The highest BCUT2D eigenvalue weighted by Gasteiger charge is 2.27. The summed E-state index contributed by atoms with van der Waals surface area (Å²) in [6, 6.07) is 7.19. The van der Waals surface area contributed by atoms with Crippen LogP contribution in [0.5, 0.6) is 0 Å². The maximum absolute atomic E-state index is 12.0. The first-order chi connectivity index (χ1) is 9.95. The van der Waals surface area contributed by atoms with Gasteiger partial charge < -0.3 is 10.2 Å². The standard InChI is InChI=1S/C16H20N2O3/c1-11-3-5-12(6-4-11)14(19)7-8-15(20)17-13-9-16(21)18(2)10-13/h3-6,13H,7-10H2,1-2H3,(H,17,20). The minimum atomic E-state index is -0.177. The van der Waals surface area contributed by atoms with E-state index in [1.54, 1.807) is 24.1 Å². The number of rotatable bonds is 5. The summed E-state index contributed by atoms with van der Waals surface area (Å²) in [5.41, 5.74) is 1.73. The summed E-state index contributed by atoms with van der Waals surface area (Å²) in [6.07, 6.45) is 0.681. The van der Waals surface area contributed by atoms with Gasteiger partial charge in [-0.05, 0) is 6.92 Å². The summed E-state index contributed by atoms with van der Waals surface area (Å²) in [5, 5.41) is 2.80. The molecule has 0 spiro atoms. The van der Waals surface area contributed by atoms with Crippen LogP contribution in [0.4, 0.5) is 0 Å². The first-order valence-corrected chi connectivity index (χ1v) is 7.09. The molecule has 1 heterocycles. The Morgan fingerprint density at radius 2 is 1.90 bits per heavy atom. The van der Waals surface area contributed by atoms with Crippen LogP contribution in [0.15, 0.2) is 24.3 Å². The highest BCUT2D eigenvalue weighted by Crippen LogP contribution is 2.10. The number of likely N-dealkylation sites (tertiary alicyclic amines) is 1. The quantitative estimate of drug-likeness (QED) is 0.831. The van der Waals surface area contributed by atoms with Crippen molar-refractivity contribution in [1.82, 2.24) is 10.2 Å². The van der Waals surface area contributed by atoms with Crippen LogP contribution in [0.2, 0.25) is 0 Å². The van der Waals surface area contributed by atoms with E-state index in [9.17, 15) is 14.4 Å². The summed E-state index contributed by atoms with van der Waals surface area (Å²) in [7, 11) is 1.72. The van der Waals surface area contributed by atoms with Gasteiger partial charge in [-0.1, -0.05) is 29.8 Å². The van der Waals surface area contributed by atoms with E-state index in [4.69, 9.17) is 0 Å². The van der Waals surface area contributed by atoms with Crippen molar-refractivity contribution in [3.63, 3.8) is 0 Å². The van der Waals surface area contributed by atoms with Crippen LogP contribution in [0, 0.1) is 6.92 Å². The summed E-state index contributed by atoms with van der Waals surface area (Å²) in [6.45, 7) is 2.50. The second-order valence-corrected chi connectivity index (χ2v) is 5.53. The fourth-order valence-electron chi connectivity index (χ4n) is 2.37. The molecule has 1 saturated heterocycles. The molecule has 1 aliphatic heterocycles. The minimum Gasteiger partial charge on any atom is -0.351 e. The Morgan fingerprint density at radius 3 is 2.48 bits per heavy atom. The number of hydrogen-bond donors (Lipinski definition) is 1. The van der Waals surface area contributed by atoms with Crippen molar-refractivity contribution in [3.8, 4) is 0 Å². The van der Waals surface area contributed by atoms with Crippen molar-refractivity contribution in [3.05, 3.63) is 35.4 Å². The fourth-order valence-corrected chi connectivity index (χ4v) is 2.37. The maximum Gasteiger partial charge on any atom is 0.224 e. The molecule has 0 bridgehead atoms. The van der Waals surface area contributed by atoms with Crippen molar-refractivity contribution in [2.45, 2.75) is 32.2 Å². The van der Waals surface area contributed by atoms with Gasteiger partial charge in [0.2, 0.25) is 11.8 Å². The predicted molar refractivity (Wildman–Crippen MR) is 78.9 cm³/mol. The van der Waals surface area contributed by atoms with Gasteiger partial charge >= 0.3 is 0 Å². The molecule has 1 aromatic carbocycles. The molecule has 1 aromatic rings. The Hall–Kier alpha value is -2.17. The number of amides is 2. The number of nitrogens with zero attached hydrogens (tertiary/aromatic N) is 1. The topological polar surface area (TPSA) is 66.5 Å². The van der Waals surface area contributed by atoms with Crippen LogP contribution in [-0.4, -0.2) is 42.1 Å². The van der Waals surface area contributed by atoms with Gasteiger partial charge in [-0.25, -0.2) is 0 Å². The summed E-state index contributed by atoms with van der Waals surface area (Å²) < 4.78 is 0. The number of ketones is 1. The molecule has 112 valence electrons. The average molecular weight is 288 g/mol. The van der Waals surface area contributed by atoms with Crippen molar-refractivity contribution in [1.29, 1.82) is 0 Å². The lowest BCUT2D eigenvalue weighted by molar-refractivity contribution is -0.126. The van der Waals surface area contributed by atoms with Gasteiger partial charge in [-0.3, -0.25) is 14.4 Å². The van der Waals surface area contributed by atoms with E-state index < -0.39 is 0 Å². The van der Waals surface area contributed by atoms with Gasteiger partial charge in [-0.2, -0.15) is 0 Å². The monoisotopic (exact) mass is 288 g/mol. The number of carbonyl (C=O) groups excluding carboxylic acids is 3. The number of carbonyl (C=O) groups is 3. The van der Waals surface area contributed by atoms with E-state index in [0.717, 1.165) is 5.56 Å². The van der Waals surface area contributed by atoms with Crippen LogP contribution in [0.25, 0.3) is 0 Å². The van der Waals surface area contributed by atoms with E-state index in [0.29, 0.717) is 18.5 Å². The number of aryl methyl sites for hydroxylation is 1. The Labute approximate surface area is 124 Å². The fraction of sp³-hybridized carbons (Fsp3) is 0.438. The molecule has 2 rings (SSSR count). The Balaban J connectivity index is 1.77. The van der Waals surface area contributed by atoms with Crippen molar-refractivity contribution < 1.29 is 14.4 Å². The van der Waals surface area contributed by atoms with Crippen LogP contribution in [0.3, 0.4) is 0 Å². The third-order valence-corrected chi connectivity index (χ3v) is 3.66. The summed E-state index contributed by atoms with van der Waals surface area (Å²) in [4.78, 5) is 36.7. The SMILES string of the molecule is Cc1ccc(C(=O)CCC(=O)NC2CC(=O)N(C)C2)cc1. The summed E-state index contributed by atoms with van der Waals surface area (Å²) >= 11 is 0. The predicted octanol–water partition coefficient (Wildman–Crippen LogP) is 1.30. The zero-order valence-corrected chi connectivity index (χ0v) is 12.4. The largest absolute Gasteiger partial charge is 0.351 e. The smallest absolute Gasteiger partial charge is 0.224 e. The molecular weight excluding hydrogens is 268 g/mol. The molecule has 5 nitrogen and oxygen atoms in total. The van der Waals surface area contributed by atoms with E-state index in [-0.39, 0.29) is 36.5 Å². The lowest BCUT2D eigenvalue weighted by Crippen LogP contribution is -2.36. The highest BCUT2D eigenvalue weighted by atomic mass is 16.2. The molecule has 1 unspecified atom stereocenters. The third-order valence-electron chi connectivity index (χ3n) is 3.66. The number of benzene rings is 1. The number of hydrogen-bond acceptors (Lipinski definition) is 3. The Bertz CT molecular complexity index is 551. The van der Waals surface area contributed by atoms with Gasteiger partial charge in [0.25, 0.3) is 0 Å². The third kappa shape index (κ3) is 4.15. The van der Waals surface area contributed by atoms with Crippen molar-refractivity contribution in [2.24, 2.45) is 0 Å². The average Bonchev–Trinajstić information content (AvgIpc) is 2.75. The number of likely N-dealkylation sites (N-methyl/N-ethyl adjacent to an activating group) is 1.